The maximum Gasteiger partial charge on any atom is 0.261 e. The topological polar surface area (TPSA) is 55.1 Å². The van der Waals surface area contributed by atoms with Crippen molar-refractivity contribution in [1.82, 2.24) is 9.55 Å². The number of nitrogens with zero attached hydrogens (tertiary/aromatic N) is 2. The van der Waals surface area contributed by atoms with E-state index in [0.717, 1.165) is 0 Å². The zero-order valence-electron chi connectivity index (χ0n) is 11.7. The van der Waals surface area contributed by atoms with E-state index in [2.05, 4.69) is 4.98 Å². The van der Waals surface area contributed by atoms with Gasteiger partial charge in [-0.15, -0.1) is 0 Å². The van der Waals surface area contributed by atoms with Crippen LogP contribution in [0.4, 0.5) is 4.39 Å². The Bertz CT molecular complexity index is 943. The maximum atomic E-state index is 13.2. The lowest BCUT2D eigenvalue weighted by Crippen LogP contribution is -2.24. The van der Waals surface area contributed by atoms with Crippen molar-refractivity contribution in [3.63, 3.8) is 0 Å². The molecular weight excluding hydrogens is 342 g/mol. The highest BCUT2D eigenvalue weighted by atomic mass is 35.5. The summed E-state index contributed by atoms with van der Waals surface area (Å²) in [5.41, 5.74) is 0.341. The summed E-state index contributed by atoms with van der Waals surface area (Å²) >= 11 is 11.9. The number of hydrogen-bond acceptors (Lipinski definition) is 3. The van der Waals surface area contributed by atoms with E-state index in [-0.39, 0.29) is 22.5 Å². The molecule has 0 radical (unpaired) electrons. The summed E-state index contributed by atoms with van der Waals surface area (Å²) in [4.78, 5) is 16.6. The molecule has 1 aromatic heterocycles. The van der Waals surface area contributed by atoms with E-state index in [1.165, 1.54) is 41.2 Å². The Labute approximate surface area is 140 Å². The molecule has 0 aliphatic carbocycles. The molecule has 1 atom stereocenters. The van der Waals surface area contributed by atoms with Crippen LogP contribution in [0.3, 0.4) is 0 Å². The lowest BCUT2D eigenvalue weighted by atomic mass is 10.1. The Morgan fingerprint density at radius 3 is 2.78 bits per heavy atom. The molecule has 0 aliphatic rings. The fourth-order valence-electron chi connectivity index (χ4n) is 2.33. The zero-order chi connectivity index (χ0) is 16.6. The summed E-state index contributed by atoms with van der Waals surface area (Å²) in [5, 5.41) is 11.1. The van der Waals surface area contributed by atoms with Gasteiger partial charge in [0.1, 0.15) is 5.82 Å². The van der Waals surface area contributed by atoms with Crippen LogP contribution >= 0.6 is 23.2 Å². The second-order valence-corrected chi connectivity index (χ2v) is 5.90. The van der Waals surface area contributed by atoms with Crippen molar-refractivity contribution in [3.8, 4) is 0 Å². The molecular formula is C16H11Cl2FN2O2. The molecule has 3 aromatic rings. The maximum absolute atomic E-state index is 13.2. The number of aromatic nitrogens is 2. The van der Waals surface area contributed by atoms with E-state index >= 15 is 0 Å². The van der Waals surface area contributed by atoms with Gasteiger partial charge in [-0.2, -0.15) is 0 Å². The van der Waals surface area contributed by atoms with Crippen molar-refractivity contribution in [2.75, 3.05) is 0 Å². The lowest BCUT2D eigenvalue weighted by molar-refractivity contribution is 0.154. The molecule has 0 saturated heterocycles. The van der Waals surface area contributed by atoms with Crippen molar-refractivity contribution < 1.29 is 9.50 Å². The minimum Gasteiger partial charge on any atom is -0.387 e. The summed E-state index contributed by atoms with van der Waals surface area (Å²) in [6.07, 6.45) is 0.254. The Hall–Kier alpha value is -1.95. The minimum absolute atomic E-state index is 0.0602. The van der Waals surface area contributed by atoms with Gasteiger partial charge < -0.3 is 5.11 Å². The van der Waals surface area contributed by atoms with Crippen LogP contribution in [0.15, 0.2) is 47.5 Å². The molecule has 0 saturated carbocycles. The molecule has 0 aliphatic heterocycles. The molecule has 0 spiro atoms. The van der Waals surface area contributed by atoms with E-state index < -0.39 is 11.9 Å². The first-order valence-corrected chi connectivity index (χ1v) is 7.49. The quantitative estimate of drug-likeness (QED) is 0.783. The molecule has 0 fully saturated rings. The molecule has 23 heavy (non-hydrogen) atoms. The fourth-order valence-corrected chi connectivity index (χ4v) is 2.87. The number of benzene rings is 2. The normalized spacial score (nSPS) is 12.5. The van der Waals surface area contributed by atoms with Crippen molar-refractivity contribution in [2.24, 2.45) is 0 Å². The van der Waals surface area contributed by atoms with Crippen molar-refractivity contribution in [3.05, 3.63) is 74.5 Å². The zero-order valence-corrected chi connectivity index (χ0v) is 13.2. The number of aliphatic hydroxyl groups excluding tert-OH is 1. The molecule has 7 heteroatoms. The van der Waals surface area contributed by atoms with Crippen LogP contribution in [0.25, 0.3) is 10.9 Å². The van der Waals surface area contributed by atoms with E-state index in [4.69, 9.17) is 23.2 Å². The highest BCUT2D eigenvalue weighted by molar-refractivity contribution is 6.38. The summed E-state index contributed by atoms with van der Waals surface area (Å²) in [5.74, 6) is -0.455. The smallest absolute Gasteiger partial charge is 0.261 e. The monoisotopic (exact) mass is 352 g/mol. The molecule has 1 unspecified atom stereocenters. The Morgan fingerprint density at radius 1 is 1.26 bits per heavy atom. The van der Waals surface area contributed by atoms with Gasteiger partial charge in [0.25, 0.3) is 5.56 Å². The molecule has 1 N–H and O–H groups in total. The second-order valence-electron chi connectivity index (χ2n) is 5.06. The van der Waals surface area contributed by atoms with Gasteiger partial charge in [-0.05, 0) is 29.8 Å². The molecule has 118 valence electrons. The van der Waals surface area contributed by atoms with E-state index in [0.29, 0.717) is 16.1 Å². The Kier molecular flexibility index (Phi) is 4.35. The first kappa shape index (κ1) is 15.9. The molecule has 3 rings (SSSR count). The van der Waals surface area contributed by atoms with Gasteiger partial charge in [0, 0.05) is 5.02 Å². The van der Waals surface area contributed by atoms with Gasteiger partial charge in [0.15, 0.2) is 0 Å². The summed E-state index contributed by atoms with van der Waals surface area (Å²) in [7, 11) is 0. The highest BCUT2D eigenvalue weighted by Gasteiger charge is 2.13. The van der Waals surface area contributed by atoms with Gasteiger partial charge in [0.2, 0.25) is 0 Å². The van der Waals surface area contributed by atoms with Crippen molar-refractivity contribution >= 4 is 34.1 Å². The Balaban J connectivity index is 2.01. The fraction of sp³-hybridized carbons (Fsp3) is 0.125. The summed E-state index contributed by atoms with van der Waals surface area (Å²) in [6, 6.07) is 8.56. The summed E-state index contributed by atoms with van der Waals surface area (Å²) < 4.78 is 14.5. The Morgan fingerprint density at radius 2 is 2.04 bits per heavy atom. The van der Waals surface area contributed by atoms with E-state index in [1.54, 1.807) is 6.07 Å². The molecule has 2 aromatic carbocycles. The highest BCUT2D eigenvalue weighted by Crippen LogP contribution is 2.24. The van der Waals surface area contributed by atoms with Gasteiger partial charge in [-0.3, -0.25) is 9.36 Å². The van der Waals surface area contributed by atoms with E-state index in [1.807, 2.05) is 0 Å². The predicted octanol–water partition coefficient (Wildman–Crippen LogP) is 3.58. The van der Waals surface area contributed by atoms with Crippen LogP contribution < -0.4 is 5.56 Å². The van der Waals surface area contributed by atoms with Gasteiger partial charge in [0.05, 0.1) is 34.9 Å². The molecule has 0 bridgehead atoms. The second kappa shape index (κ2) is 6.28. The number of fused-ring (bicyclic) bond motifs is 1. The van der Waals surface area contributed by atoms with Crippen LogP contribution in [-0.2, 0) is 6.54 Å². The summed E-state index contributed by atoms with van der Waals surface area (Å²) in [6.45, 7) is -0.0602. The third-order valence-corrected chi connectivity index (χ3v) is 3.96. The van der Waals surface area contributed by atoms with Crippen LogP contribution in [0.5, 0.6) is 0 Å². The largest absolute Gasteiger partial charge is 0.387 e. The molecule has 0 amide bonds. The van der Waals surface area contributed by atoms with Crippen molar-refractivity contribution in [2.45, 2.75) is 12.6 Å². The standard InChI is InChI=1S/C16H11Cl2FN2O2/c17-10-5-12-15(13(18)6-10)20-8-21(16(12)23)7-14(22)9-2-1-3-11(19)4-9/h1-6,8,14,22H,7H2. The van der Waals surface area contributed by atoms with Gasteiger partial charge in [-0.25, -0.2) is 9.37 Å². The van der Waals surface area contributed by atoms with Crippen LogP contribution in [0.1, 0.15) is 11.7 Å². The van der Waals surface area contributed by atoms with Crippen LogP contribution in [-0.4, -0.2) is 14.7 Å². The molecule has 1 heterocycles. The van der Waals surface area contributed by atoms with Gasteiger partial charge in [-0.1, -0.05) is 35.3 Å². The third kappa shape index (κ3) is 3.22. The number of rotatable bonds is 3. The van der Waals surface area contributed by atoms with Crippen molar-refractivity contribution in [1.29, 1.82) is 0 Å². The van der Waals surface area contributed by atoms with Gasteiger partial charge >= 0.3 is 0 Å². The number of halogens is 3. The predicted molar refractivity (Wildman–Crippen MR) is 87.4 cm³/mol. The average Bonchev–Trinajstić information content (AvgIpc) is 2.50. The first-order chi connectivity index (χ1) is 11.0. The molecule has 4 nitrogen and oxygen atoms in total. The average molecular weight is 353 g/mol. The SMILES string of the molecule is O=c1c2cc(Cl)cc(Cl)c2ncn1CC(O)c1cccc(F)c1. The lowest BCUT2D eigenvalue weighted by Gasteiger charge is -2.13. The minimum atomic E-state index is -1.04. The van der Waals surface area contributed by atoms with E-state index in [9.17, 15) is 14.3 Å². The van der Waals surface area contributed by atoms with Crippen LogP contribution in [0, 0.1) is 5.82 Å². The number of aliphatic hydroxyl groups is 1. The first-order valence-electron chi connectivity index (χ1n) is 6.73. The number of hydrogen-bond donors (Lipinski definition) is 1. The van der Waals surface area contributed by atoms with Crippen LogP contribution in [0.2, 0.25) is 10.0 Å². The third-order valence-electron chi connectivity index (χ3n) is 3.45.